The summed E-state index contributed by atoms with van der Waals surface area (Å²) in [6.45, 7) is 3.63. The molecule has 11 heteroatoms. The number of rotatable bonds is 7. The molecule has 0 aromatic heterocycles. The van der Waals surface area contributed by atoms with E-state index in [2.05, 4.69) is 0 Å². The molecule has 152 valence electrons. The summed E-state index contributed by atoms with van der Waals surface area (Å²) in [6, 6.07) is 0. The molecule has 5 atom stereocenters. The highest BCUT2D eigenvalue weighted by Crippen LogP contribution is 2.43. The zero-order valence-electron chi connectivity index (χ0n) is 15.3. The minimum Gasteiger partial charge on any atom is -0.348 e. The number of carbonyl (C=O) groups is 1. The summed E-state index contributed by atoms with van der Waals surface area (Å²) in [7, 11) is -7.49. The van der Waals surface area contributed by atoms with E-state index in [0.717, 1.165) is 12.5 Å². The Balaban J connectivity index is 2.36. The third-order valence-corrected chi connectivity index (χ3v) is 5.76. The van der Waals surface area contributed by atoms with Crippen molar-refractivity contribution in [2.45, 2.75) is 57.2 Å². The second kappa shape index (κ2) is 7.80. The molecule has 1 aliphatic carbocycles. The molecule has 1 aliphatic heterocycles. The maximum Gasteiger partial charge on any atom is 0.264 e. The van der Waals surface area contributed by atoms with Crippen LogP contribution in [-0.2, 0) is 42.9 Å². The van der Waals surface area contributed by atoms with E-state index in [1.807, 2.05) is 0 Å². The van der Waals surface area contributed by atoms with Crippen LogP contribution in [0.3, 0.4) is 0 Å². The Bertz CT molecular complexity index is 713. The molecule has 0 aromatic rings. The molecule has 2 aliphatic rings. The van der Waals surface area contributed by atoms with Crippen molar-refractivity contribution in [3.8, 4) is 0 Å². The van der Waals surface area contributed by atoms with Crippen LogP contribution in [0.15, 0.2) is 0 Å². The average molecular weight is 414 g/mol. The van der Waals surface area contributed by atoms with Gasteiger partial charge in [0.25, 0.3) is 20.2 Å². The molecule has 0 aromatic carbocycles. The Hall–Kier alpha value is -0.590. The van der Waals surface area contributed by atoms with Gasteiger partial charge in [0, 0.05) is 18.3 Å². The van der Waals surface area contributed by atoms with Gasteiger partial charge >= 0.3 is 0 Å². The first kappa shape index (κ1) is 21.7. The SMILES string of the molecule is CC1(C)OC[C@H]([C@H]2[C@H](CC=O)[C@@H](OS(C)(=O)=O)CC[C@H]2OS(C)(=O)=O)O1. The first-order chi connectivity index (χ1) is 11.8. The van der Waals surface area contributed by atoms with Crippen LogP contribution in [0.25, 0.3) is 0 Å². The van der Waals surface area contributed by atoms with Gasteiger partial charge in [0.05, 0.1) is 37.4 Å². The Morgan fingerprint density at radius 3 is 2.04 bits per heavy atom. The van der Waals surface area contributed by atoms with Crippen LogP contribution in [0.1, 0.15) is 33.1 Å². The van der Waals surface area contributed by atoms with Gasteiger partial charge in [-0.15, -0.1) is 0 Å². The number of ether oxygens (including phenoxy) is 2. The van der Waals surface area contributed by atoms with Crippen molar-refractivity contribution < 1.29 is 39.5 Å². The maximum atomic E-state index is 11.7. The summed E-state index contributed by atoms with van der Waals surface area (Å²) in [5, 5.41) is 0. The first-order valence-corrected chi connectivity index (χ1v) is 12.0. The van der Waals surface area contributed by atoms with E-state index >= 15 is 0 Å². The zero-order chi connectivity index (χ0) is 19.8. The van der Waals surface area contributed by atoms with Crippen LogP contribution in [-0.4, -0.2) is 66.3 Å². The fourth-order valence-electron chi connectivity index (χ4n) is 3.78. The van der Waals surface area contributed by atoms with Crippen LogP contribution >= 0.6 is 0 Å². The molecule has 0 spiro atoms. The molecule has 0 N–H and O–H groups in total. The van der Waals surface area contributed by atoms with Gasteiger partial charge in [0.1, 0.15) is 6.29 Å². The van der Waals surface area contributed by atoms with Crippen molar-refractivity contribution in [1.29, 1.82) is 0 Å². The minimum atomic E-state index is -3.75. The van der Waals surface area contributed by atoms with Gasteiger partial charge in [0.2, 0.25) is 0 Å². The quantitative estimate of drug-likeness (QED) is 0.431. The molecule has 0 bridgehead atoms. The highest BCUT2D eigenvalue weighted by atomic mass is 32.2. The van der Waals surface area contributed by atoms with E-state index in [1.165, 1.54) is 0 Å². The second-order valence-electron chi connectivity index (χ2n) is 7.27. The lowest BCUT2D eigenvalue weighted by molar-refractivity contribution is -0.161. The maximum absolute atomic E-state index is 11.7. The summed E-state index contributed by atoms with van der Waals surface area (Å²) in [5.74, 6) is -2.01. The van der Waals surface area contributed by atoms with Crippen LogP contribution < -0.4 is 0 Å². The van der Waals surface area contributed by atoms with Gasteiger partial charge in [0.15, 0.2) is 5.79 Å². The number of aldehydes is 1. The topological polar surface area (TPSA) is 122 Å². The van der Waals surface area contributed by atoms with E-state index < -0.39 is 56.2 Å². The van der Waals surface area contributed by atoms with Crippen molar-refractivity contribution in [2.24, 2.45) is 11.8 Å². The molecule has 2 rings (SSSR count). The number of hydrogen-bond acceptors (Lipinski definition) is 9. The van der Waals surface area contributed by atoms with Gasteiger partial charge in [-0.2, -0.15) is 16.8 Å². The smallest absolute Gasteiger partial charge is 0.264 e. The predicted octanol–water partition coefficient (Wildman–Crippen LogP) is 0.443. The molecule has 1 heterocycles. The molecule has 0 radical (unpaired) electrons. The number of hydrogen-bond donors (Lipinski definition) is 0. The molecule has 9 nitrogen and oxygen atoms in total. The van der Waals surface area contributed by atoms with Crippen molar-refractivity contribution in [3.63, 3.8) is 0 Å². The van der Waals surface area contributed by atoms with Crippen molar-refractivity contribution >= 4 is 26.5 Å². The lowest BCUT2D eigenvalue weighted by atomic mass is 9.71. The second-order valence-corrected chi connectivity index (χ2v) is 10.5. The summed E-state index contributed by atoms with van der Waals surface area (Å²) in [4.78, 5) is 11.2. The lowest BCUT2D eigenvalue weighted by Gasteiger charge is -2.43. The van der Waals surface area contributed by atoms with Crippen molar-refractivity contribution in [2.75, 3.05) is 19.1 Å². The fraction of sp³-hybridized carbons (Fsp3) is 0.933. The molecular formula is C15H26O9S2. The van der Waals surface area contributed by atoms with Gasteiger partial charge in [-0.05, 0) is 26.7 Å². The van der Waals surface area contributed by atoms with Gasteiger partial charge in [-0.1, -0.05) is 0 Å². The average Bonchev–Trinajstić information content (AvgIpc) is 2.79. The third-order valence-electron chi connectivity index (χ3n) is 4.56. The normalized spacial score (nSPS) is 35.3. The Kier molecular flexibility index (Phi) is 6.51. The summed E-state index contributed by atoms with van der Waals surface area (Å²) < 4.78 is 68.4. The fourth-order valence-corrected chi connectivity index (χ4v) is 5.14. The summed E-state index contributed by atoms with van der Waals surface area (Å²) in [5.41, 5.74) is 0. The van der Waals surface area contributed by atoms with Crippen molar-refractivity contribution in [3.05, 3.63) is 0 Å². The van der Waals surface area contributed by atoms with E-state index in [0.29, 0.717) is 6.29 Å². The van der Waals surface area contributed by atoms with Gasteiger partial charge in [-0.25, -0.2) is 0 Å². The molecule has 0 amide bonds. The van der Waals surface area contributed by atoms with Gasteiger partial charge in [-0.3, -0.25) is 8.37 Å². The first-order valence-electron chi connectivity index (χ1n) is 8.33. The minimum absolute atomic E-state index is 0.00519. The highest BCUT2D eigenvalue weighted by Gasteiger charge is 2.50. The van der Waals surface area contributed by atoms with Crippen LogP contribution in [0.5, 0.6) is 0 Å². The van der Waals surface area contributed by atoms with Crippen LogP contribution in [0.4, 0.5) is 0 Å². The van der Waals surface area contributed by atoms with E-state index in [1.54, 1.807) is 13.8 Å². The molecular weight excluding hydrogens is 388 g/mol. The molecule has 1 saturated heterocycles. The Morgan fingerprint density at radius 1 is 1.04 bits per heavy atom. The summed E-state index contributed by atoms with van der Waals surface area (Å²) >= 11 is 0. The van der Waals surface area contributed by atoms with Crippen LogP contribution in [0.2, 0.25) is 0 Å². The van der Waals surface area contributed by atoms with Gasteiger partial charge < -0.3 is 14.3 Å². The molecule has 2 fully saturated rings. The summed E-state index contributed by atoms with van der Waals surface area (Å²) in [6.07, 6.45) is 1.00. The molecule has 26 heavy (non-hydrogen) atoms. The van der Waals surface area contributed by atoms with Crippen LogP contribution in [0, 0.1) is 11.8 Å². The molecule has 0 unspecified atom stereocenters. The highest BCUT2D eigenvalue weighted by molar-refractivity contribution is 7.86. The molecule has 1 saturated carbocycles. The standard InChI is InChI=1S/C15H26O9S2/c1-15(2)21-9-13(22-15)14-10(7-8-16)11(23-25(3,17)18)5-6-12(14)24-26(4,19)20/h8,10-14H,5-7,9H2,1-4H3/t10-,11+,12-,13-,14+/m1/s1. The Labute approximate surface area is 154 Å². The van der Waals surface area contributed by atoms with E-state index in [-0.39, 0.29) is 25.9 Å². The monoisotopic (exact) mass is 414 g/mol. The van der Waals surface area contributed by atoms with E-state index in [4.69, 9.17) is 17.8 Å². The Morgan fingerprint density at radius 2 is 1.58 bits per heavy atom. The van der Waals surface area contributed by atoms with Crippen molar-refractivity contribution in [1.82, 2.24) is 0 Å². The zero-order valence-corrected chi connectivity index (χ0v) is 16.9. The number of carbonyl (C=O) groups excluding carboxylic acids is 1. The third kappa shape index (κ3) is 5.96. The predicted molar refractivity (Wildman–Crippen MR) is 91.2 cm³/mol. The lowest BCUT2D eigenvalue weighted by Crippen LogP contribution is -2.50. The largest absolute Gasteiger partial charge is 0.348 e. The van der Waals surface area contributed by atoms with E-state index in [9.17, 15) is 21.6 Å².